The van der Waals surface area contributed by atoms with Crippen molar-refractivity contribution < 1.29 is 36.4 Å². The Bertz CT molecular complexity index is 592. The SMILES string of the molecule is COC(=O)NNC(=O)[C@@H]1CC[C@@H]2CN1C(=O)N2OS(=O)(=O)O. The lowest BCUT2D eigenvalue weighted by molar-refractivity contribution is -0.126. The molecule has 2 bridgehead atoms. The van der Waals surface area contributed by atoms with Crippen molar-refractivity contribution in [3.05, 3.63) is 0 Å². The summed E-state index contributed by atoms with van der Waals surface area (Å²) < 4.78 is 38.6. The van der Waals surface area contributed by atoms with Gasteiger partial charge in [0.1, 0.15) is 6.04 Å². The van der Waals surface area contributed by atoms with Gasteiger partial charge in [-0.3, -0.25) is 14.8 Å². The Morgan fingerprint density at radius 2 is 2.00 bits per heavy atom. The number of ether oxygens (including phenoxy) is 1. The van der Waals surface area contributed by atoms with E-state index < -0.39 is 40.5 Å². The Balaban J connectivity index is 2.02. The number of hydrogen-bond acceptors (Lipinski definition) is 7. The Labute approximate surface area is 125 Å². The van der Waals surface area contributed by atoms with Crippen molar-refractivity contribution in [2.24, 2.45) is 0 Å². The van der Waals surface area contributed by atoms with Gasteiger partial charge in [0.05, 0.1) is 13.2 Å². The van der Waals surface area contributed by atoms with E-state index in [0.29, 0.717) is 5.06 Å². The van der Waals surface area contributed by atoms with Gasteiger partial charge in [-0.15, -0.1) is 4.28 Å². The first-order valence-electron chi connectivity index (χ1n) is 6.13. The van der Waals surface area contributed by atoms with Gasteiger partial charge in [0.25, 0.3) is 5.91 Å². The third-order valence-corrected chi connectivity index (χ3v) is 3.62. The number of amides is 4. The highest BCUT2D eigenvalue weighted by Crippen LogP contribution is 2.30. The number of hydrazine groups is 1. The van der Waals surface area contributed by atoms with Crippen molar-refractivity contribution in [1.29, 1.82) is 0 Å². The van der Waals surface area contributed by atoms with Gasteiger partial charge in [-0.25, -0.2) is 15.0 Å². The Hall–Kier alpha value is -2.12. The lowest BCUT2D eigenvalue weighted by Crippen LogP contribution is -2.54. The fraction of sp³-hybridized carbons (Fsp3) is 0.667. The second-order valence-electron chi connectivity index (χ2n) is 4.62. The highest BCUT2D eigenvalue weighted by molar-refractivity contribution is 7.80. The van der Waals surface area contributed by atoms with Crippen LogP contribution in [0.15, 0.2) is 0 Å². The number of carbonyl (C=O) groups is 3. The molecule has 13 heteroatoms. The highest BCUT2D eigenvalue weighted by atomic mass is 32.3. The van der Waals surface area contributed by atoms with E-state index in [9.17, 15) is 22.8 Å². The quantitative estimate of drug-likeness (QED) is 0.409. The van der Waals surface area contributed by atoms with Crippen molar-refractivity contribution in [3.8, 4) is 0 Å². The molecule has 2 rings (SSSR count). The topological polar surface area (TPSA) is 155 Å². The number of piperidine rings is 1. The van der Waals surface area contributed by atoms with Gasteiger partial charge < -0.3 is 9.64 Å². The number of nitrogens with zero attached hydrogens (tertiary/aromatic N) is 2. The third-order valence-electron chi connectivity index (χ3n) is 3.27. The van der Waals surface area contributed by atoms with E-state index >= 15 is 0 Å². The molecule has 0 aromatic rings. The monoisotopic (exact) mass is 338 g/mol. The summed E-state index contributed by atoms with van der Waals surface area (Å²) in [6.45, 7) is 0.0602. The molecule has 4 amide bonds. The third kappa shape index (κ3) is 3.37. The fourth-order valence-electron chi connectivity index (χ4n) is 2.35. The maximum Gasteiger partial charge on any atom is 0.425 e. The van der Waals surface area contributed by atoms with Gasteiger partial charge in [0.2, 0.25) is 0 Å². The molecule has 2 saturated heterocycles. The molecule has 12 nitrogen and oxygen atoms in total. The minimum absolute atomic E-state index is 0.0602. The van der Waals surface area contributed by atoms with Crippen LogP contribution in [-0.4, -0.2) is 66.7 Å². The molecule has 3 N–H and O–H groups in total. The van der Waals surface area contributed by atoms with Crippen molar-refractivity contribution in [1.82, 2.24) is 20.8 Å². The first-order valence-corrected chi connectivity index (χ1v) is 7.50. The minimum Gasteiger partial charge on any atom is -0.452 e. The van der Waals surface area contributed by atoms with Crippen molar-refractivity contribution in [2.75, 3.05) is 13.7 Å². The zero-order valence-corrected chi connectivity index (χ0v) is 12.2. The van der Waals surface area contributed by atoms with E-state index in [4.69, 9.17) is 4.55 Å². The van der Waals surface area contributed by atoms with E-state index in [1.807, 2.05) is 5.43 Å². The summed E-state index contributed by atoms with van der Waals surface area (Å²) >= 11 is 0. The predicted octanol–water partition coefficient (Wildman–Crippen LogP) is -1.62. The van der Waals surface area contributed by atoms with Crippen molar-refractivity contribution in [2.45, 2.75) is 24.9 Å². The van der Waals surface area contributed by atoms with Crippen molar-refractivity contribution in [3.63, 3.8) is 0 Å². The van der Waals surface area contributed by atoms with Crippen molar-refractivity contribution >= 4 is 28.4 Å². The summed E-state index contributed by atoms with van der Waals surface area (Å²) in [5.41, 5.74) is 4.06. The Morgan fingerprint density at radius 3 is 2.59 bits per heavy atom. The number of nitrogens with one attached hydrogen (secondary N) is 2. The molecular weight excluding hydrogens is 324 g/mol. The first kappa shape index (κ1) is 16.3. The van der Waals surface area contributed by atoms with Crippen LogP contribution in [0, 0.1) is 0 Å². The molecule has 0 spiro atoms. The number of urea groups is 1. The van der Waals surface area contributed by atoms with Crippen LogP contribution in [0.1, 0.15) is 12.8 Å². The molecule has 2 aliphatic heterocycles. The predicted molar refractivity (Wildman–Crippen MR) is 67.1 cm³/mol. The second-order valence-corrected chi connectivity index (χ2v) is 5.62. The standard InChI is InChI=1S/C9H14N4O8S/c1-20-8(15)11-10-7(14)6-3-2-5-4-12(6)9(16)13(5)21-22(17,18)19/h5-6H,2-4H2,1H3,(H,10,14)(H,11,15)(H,17,18,19)/t5-,6+/m1/s1. The Morgan fingerprint density at radius 1 is 1.32 bits per heavy atom. The number of carbonyl (C=O) groups excluding carboxylic acids is 3. The lowest BCUT2D eigenvalue weighted by Gasteiger charge is -2.28. The maximum atomic E-state index is 12.0. The summed E-state index contributed by atoms with van der Waals surface area (Å²) in [5.74, 6) is -0.661. The summed E-state index contributed by atoms with van der Waals surface area (Å²) in [5, 5.41) is 0.524. The average molecular weight is 338 g/mol. The Kier molecular flexibility index (Phi) is 4.39. The number of hydrogen-bond donors (Lipinski definition) is 3. The van der Waals surface area contributed by atoms with Gasteiger partial charge in [-0.1, -0.05) is 0 Å². The number of fused-ring (bicyclic) bond motifs is 2. The van der Waals surface area contributed by atoms with Gasteiger partial charge in [0.15, 0.2) is 0 Å². The van der Waals surface area contributed by atoms with E-state index in [0.717, 1.165) is 12.0 Å². The molecule has 0 aromatic carbocycles. The lowest BCUT2D eigenvalue weighted by atomic mass is 10.0. The molecule has 0 unspecified atom stereocenters. The molecule has 0 saturated carbocycles. The van der Waals surface area contributed by atoms with Crippen LogP contribution in [0.4, 0.5) is 9.59 Å². The van der Waals surface area contributed by atoms with Crippen LogP contribution in [0.25, 0.3) is 0 Å². The summed E-state index contributed by atoms with van der Waals surface area (Å²) in [6, 6.07) is -2.36. The van der Waals surface area contributed by atoms with E-state index in [1.54, 1.807) is 0 Å². The molecular formula is C9H14N4O8S. The zero-order chi connectivity index (χ0) is 16.5. The van der Waals surface area contributed by atoms with Crippen LogP contribution in [-0.2, 0) is 24.2 Å². The summed E-state index contributed by atoms with van der Waals surface area (Å²) in [4.78, 5) is 35.9. The molecule has 2 heterocycles. The van der Waals surface area contributed by atoms with Gasteiger partial charge in [0, 0.05) is 6.54 Å². The van der Waals surface area contributed by atoms with Crippen LogP contribution in [0.5, 0.6) is 0 Å². The normalized spacial score (nSPS) is 24.2. The second kappa shape index (κ2) is 5.94. The van der Waals surface area contributed by atoms with Gasteiger partial charge >= 0.3 is 22.5 Å². The number of hydroxylamine groups is 2. The van der Waals surface area contributed by atoms with Crippen LogP contribution in [0.2, 0.25) is 0 Å². The smallest absolute Gasteiger partial charge is 0.425 e. The largest absolute Gasteiger partial charge is 0.452 e. The van der Waals surface area contributed by atoms with E-state index in [2.05, 4.69) is 14.4 Å². The molecule has 124 valence electrons. The van der Waals surface area contributed by atoms with E-state index in [-0.39, 0.29) is 19.4 Å². The fourth-order valence-corrected chi connectivity index (χ4v) is 2.74. The molecule has 2 aliphatic rings. The highest BCUT2D eigenvalue weighted by Gasteiger charge is 2.49. The maximum absolute atomic E-state index is 12.0. The molecule has 0 aliphatic carbocycles. The van der Waals surface area contributed by atoms with Crippen LogP contribution in [0.3, 0.4) is 0 Å². The first-order chi connectivity index (χ1) is 10.2. The molecule has 2 fully saturated rings. The zero-order valence-electron chi connectivity index (χ0n) is 11.4. The van der Waals surface area contributed by atoms with Gasteiger partial charge in [-0.05, 0) is 12.8 Å². The van der Waals surface area contributed by atoms with E-state index in [1.165, 1.54) is 0 Å². The summed E-state index contributed by atoms with van der Waals surface area (Å²) in [6.07, 6.45) is -0.365. The van der Waals surface area contributed by atoms with Crippen LogP contribution >= 0.6 is 0 Å². The molecule has 0 aromatic heterocycles. The molecule has 22 heavy (non-hydrogen) atoms. The average Bonchev–Trinajstić information content (AvgIpc) is 2.68. The van der Waals surface area contributed by atoms with Gasteiger partial charge in [-0.2, -0.15) is 13.5 Å². The molecule has 2 atom stereocenters. The number of rotatable bonds is 3. The van der Waals surface area contributed by atoms with Crippen LogP contribution < -0.4 is 10.9 Å². The summed E-state index contributed by atoms with van der Waals surface area (Å²) in [7, 11) is -3.73. The minimum atomic E-state index is -4.84. The molecule has 0 radical (unpaired) electrons. The number of methoxy groups -OCH3 is 1.